The molecule has 2 heterocycles. The van der Waals surface area contributed by atoms with Gasteiger partial charge in [-0.1, -0.05) is 54.6 Å². The molecule has 5 aromatic rings. The maximum atomic E-state index is 13.8. The predicted molar refractivity (Wildman–Crippen MR) is 119 cm³/mol. The molecule has 30 heavy (non-hydrogen) atoms. The van der Waals surface area contributed by atoms with Crippen LogP contribution in [0.1, 0.15) is 5.56 Å². The lowest BCUT2D eigenvalue weighted by Crippen LogP contribution is -1.98. The summed E-state index contributed by atoms with van der Waals surface area (Å²) in [5.41, 5.74) is 5.97. The van der Waals surface area contributed by atoms with Crippen molar-refractivity contribution in [3.63, 3.8) is 0 Å². The second-order valence-corrected chi connectivity index (χ2v) is 7.19. The molecule has 2 aromatic heterocycles. The number of fused-ring (bicyclic) bond motifs is 1. The van der Waals surface area contributed by atoms with Crippen molar-refractivity contribution in [2.45, 2.75) is 6.92 Å². The van der Waals surface area contributed by atoms with E-state index < -0.39 is 0 Å². The van der Waals surface area contributed by atoms with Crippen LogP contribution < -0.4 is 5.32 Å². The zero-order chi connectivity index (χ0) is 20.5. The first-order valence-corrected chi connectivity index (χ1v) is 9.71. The van der Waals surface area contributed by atoms with Crippen LogP contribution in [0, 0.1) is 12.7 Å². The number of hydrogen-bond acceptors (Lipinski definition) is 3. The van der Waals surface area contributed by atoms with E-state index in [-0.39, 0.29) is 5.82 Å². The van der Waals surface area contributed by atoms with E-state index in [1.165, 1.54) is 12.1 Å². The van der Waals surface area contributed by atoms with Crippen molar-refractivity contribution in [3.8, 4) is 22.4 Å². The minimum absolute atomic E-state index is 0.307. The Bertz CT molecular complexity index is 1340. The second-order valence-electron chi connectivity index (χ2n) is 7.19. The fourth-order valence-electron chi connectivity index (χ4n) is 3.59. The van der Waals surface area contributed by atoms with Crippen molar-refractivity contribution in [2.24, 2.45) is 0 Å². The largest absolute Gasteiger partial charge is 0.323 e. The second kappa shape index (κ2) is 7.44. The summed E-state index contributed by atoms with van der Waals surface area (Å²) in [4.78, 5) is 4.84. The zero-order valence-electron chi connectivity index (χ0n) is 16.4. The van der Waals surface area contributed by atoms with Crippen LogP contribution in [0.15, 0.2) is 84.9 Å². The molecule has 4 nitrogen and oxygen atoms in total. The molecule has 0 saturated heterocycles. The first-order valence-electron chi connectivity index (χ1n) is 9.71. The summed E-state index contributed by atoms with van der Waals surface area (Å²) < 4.78 is 13.8. The van der Waals surface area contributed by atoms with Gasteiger partial charge in [0.25, 0.3) is 0 Å². The van der Waals surface area contributed by atoms with Gasteiger partial charge in [-0.15, -0.1) is 0 Å². The van der Waals surface area contributed by atoms with Gasteiger partial charge >= 0.3 is 0 Å². The molecule has 3 aromatic carbocycles. The summed E-state index contributed by atoms with van der Waals surface area (Å²) >= 11 is 0. The minimum atomic E-state index is -0.307. The number of benzene rings is 3. The number of H-pyrrole nitrogens is 1. The highest BCUT2D eigenvalue weighted by Gasteiger charge is 2.12. The lowest BCUT2D eigenvalue weighted by molar-refractivity contribution is 0.630. The number of nitrogens with zero attached hydrogens (tertiary/aromatic N) is 2. The number of pyridine rings is 1. The topological polar surface area (TPSA) is 53.6 Å². The number of hydrogen-bond donors (Lipinski definition) is 2. The average Bonchev–Trinajstić information content (AvgIpc) is 3.16. The van der Waals surface area contributed by atoms with Crippen molar-refractivity contribution >= 4 is 22.5 Å². The van der Waals surface area contributed by atoms with Gasteiger partial charge < -0.3 is 5.32 Å². The number of anilines is 2. The molecule has 2 N–H and O–H groups in total. The Morgan fingerprint density at radius 2 is 1.63 bits per heavy atom. The predicted octanol–water partition coefficient (Wildman–Crippen LogP) is 6.48. The lowest BCUT2D eigenvalue weighted by atomic mass is 10.0. The standard InChI is InChI=1S/C25H19FN4/c1-16-7-5-6-10-20(16)23-13-18(17-8-3-2-4-9-17)14-24(27-23)28-25-21-15-19(26)11-12-22(21)29-30-25/h2-15H,1H3,(H2,27,28,29,30). The molecular formula is C25H19FN4. The van der Waals surface area contributed by atoms with E-state index in [1.807, 2.05) is 36.4 Å². The molecule has 0 unspecified atom stereocenters. The van der Waals surface area contributed by atoms with Crippen LogP contribution in [-0.4, -0.2) is 15.2 Å². The summed E-state index contributed by atoms with van der Waals surface area (Å²) in [7, 11) is 0. The molecule has 0 atom stereocenters. The Kier molecular flexibility index (Phi) is 4.48. The van der Waals surface area contributed by atoms with Crippen molar-refractivity contribution in [3.05, 3.63) is 96.3 Å². The molecule has 0 aliphatic carbocycles. The summed E-state index contributed by atoms with van der Waals surface area (Å²) in [6.45, 7) is 2.07. The average molecular weight is 394 g/mol. The maximum absolute atomic E-state index is 13.8. The minimum Gasteiger partial charge on any atom is -0.323 e. The van der Waals surface area contributed by atoms with Crippen molar-refractivity contribution in [1.29, 1.82) is 0 Å². The Hall–Kier alpha value is -3.99. The Morgan fingerprint density at radius 1 is 0.833 bits per heavy atom. The third-order valence-corrected chi connectivity index (χ3v) is 5.12. The Morgan fingerprint density at radius 3 is 2.47 bits per heavy atom. The zero-order valence-corrected chi connectivity index (χ0v) is 16.4. The van der Waals surface area contributed by atoms with E-state index in [0.717, 1.165) is 33.5 Å². The van der Waals surface area contributed by atoms with Gasteiger partial charge in [-0.2, -0.15) is 5.10 Å². The van der Waals surface area contributed by atoms with Gasteiger partial charge in [0, 0.05) is 10.9 Å². The highest BCUT2D eigenvalue weighted by Crippen LogP contribution is 2.31. The fourth-order valence-corrected chi connectivity index (χ4v) is 3.59. The van der Waals surface area contributed by atoms with Crippen molar-refractivity contribution in [2.75, 3.05) is 5.32 Å². The van der Waals surface area contributed by atoms with Gasteiger partial charge in [0.05, 0.1) is 11.2 Å². The molecule has 0 radical (unpaired) electrons. The number of nitrogens with one attached hydrogen (secondary N) is 2. The van der Waals surface area contributed by atoms with E-state index >= 15 is 0 Å². The first kappa shape index (κ1) is 18.1. The Labute approximate surface area is 173 Å². The third kappa shape index (κ3) is 3.42. The summed E-state index contributed by atoms with van der Waals surface area (Å²) in [6, 6.07) is 27.0. The normalized spacial score (nSPS) is 11.0. The van der Waals surface area contributed by atoms with Crippen LogP contribution in [0.2, 0.25) is 0 Å². The van der Waals surface area contributed by atoms with Gasteiger partial charge in [0.2, 0.25) is 0 Å². The van der Waals surface area contributed by atoms with Crippen LogP contribution in [0.5, 0.6) is 0 Å². The van der Waals surface area contributed by atoms with Crippen molar-refractivity contribution in [1.82, 2.24) is 15.2 Å². The molecule has 0 aliphatic heterocycles. The number of aryl methyl sites for hydroxylation is 1. The van der Waals surface area contributed by atoms with Gasteiger partial charge in [-0.3, -0.25) is 5.10 Å². The molecule has 0 fully saturated rings. The van der Waals surface area contributed by atoms with Gasteiger partial charge in [-0.05, 0) is 53.9 Å². The molecule has 5 heteroatoms. The lowest BCUT2D eigenvalue weighted by Gasteiger charge is -2.12. The number of rotatable bonds is 4. The summed E-state index contributed by atoms with van der Waals surface area (Å²) in [6.07, 6.45) is 0. The maximum Gasteiger partial charge on any atom is 0.161 e. The van der Waals surface area contributed by atoms with Crippen LogP contribution in [0.25, 0.3) is 33.3 Å². The number of aromatic nitrogens is 3. The van der Waals surface area contributed by atoms with Gasteiger partial charge in [-0.25, -0.2) is 9.37 Å². The fraction of sp³-hybridized carbons (Fsp3) is 0.0400. The van der Waals surface area contributed by atoms with Crippen LogP contribution in [0.3, 0.4) is 0 Å². The van der Waals surface area contributed by atoms with Crippen LogP contribution in [0.4, 0.5) is 16.0 Å². The molecule has 0 bridgehead atoms. The number of aromatic amines is 1. The highest BCUT2D eigenvalue weighted by atomic mass is 19.1. The summed E-state index contributed by atoms with van der Waals surface area (Å²) in [5, 5.41) is 11.2. The monoisotopic (exact) mass is 394 g/mol. The quantitative estimate of drug-likeness (QED) is 0.367. The molecule has 0 amide bonds. The highest BCUT2D eigenvalue weighted by molar-refractivity contribution is 5.91. The third-order valence-electron chi connectivity index (χ3n) is 5.12. The molecule has 0 saturated carbocycles. The molecular weight excluding hydrogens is 375 g/mol. The first-order chi connectivity index (χ1) is 14.7. The van der Waals surface area contributed by atoms with E-state index in [0.29, 0.717) is 17.0 Å². The van der Waals surface area contributed by atoms with Crippen molar-refractivity contribution < 1.29 is 4.39 Å². The molecule has 0 aliphatic rings. The smallest absolute Gasteiger partial charge is 0.161 e. The van der Waals surface area contributed by atoms with Crippen LogP contribution in [-0.2, 0) is 0 Å². The molecule has 146 valence electrons. The summed E-state index contributed by atoms with van der Waals surface area (Å²) in [5.74, 6) is 0.878. The molecule has 5 rings (SSSR count). The number of halogens is 1. The van der Waals surface area contributed by atoms with Crippen LogP contribution >= 0.6 is 0 Å². The van der Waals surface area contributed by atoms with Gasteiger partial charge in [0.1, 0.15) is 11.6 Å². The van der Waals surface area contributed by atoms with E-state index in [1.54, 1.807) is 6.07 Å². The molecule has 0 spiro atoms. The van der Waals surface area contributed by atoms with E-state index in [9.17, 15) is 4.39 Å². The SMILES string of the molecule is Cc1ccccc1-c1cc(-c2ccccc2)cc(Nc2n[nH]c3ccc(F)cc23)n1. The Balaban J connectivity index is 1.64. The van der Waals surface area contributed by atoms with E-state index in [2.05, 4.69) is 52.8 Å². The van der Waals surface area contributed by atoms with Gasteiger partial charge in [0.15, 0.2) is 5.82 Å². The van der Waals surface area contributed by atoms with E-state index in [4.69, 9.17) is 4.98 Å².